The lowest BCUT2D eigenvalue weighted by molar-refractivity contribution is 0.483. The molecule has 2 N–H and O–H groups in total. The molecule has 0 unspecified atom stereocenters. The maximum Gasteiger partial charge on any atom is 0.0558 e. The zero-order chi connectivity index (χ0) is 5.33. The number of hydrogen-bond acceptors (Lipinski definition) is 2. The molecule has 0 aliphatic carbocycles. The second-order valence-electron chi connectivity index (χ2n) is 1.54. The Morgan fingerprint density at radius 1 is 1.43 bits per heavy atom. The average Bonchev–Trinajstić information content (AvgIpc) is 1.84. The van der Waals surface area contributed by atoms with Crippen molar-refractivity contribution in [2.45, 2.75) is 6.42 Å². The Morgan fingerprint density at radius 2 is 2.14 bits per heavy atom. The molecule has 0 atom stereocenters. The molecule has 0 aromatic carbocycles. The Bertz CT molecular complexity index is 67.3. The smallest absolute Gasteiger partial charge is 0.0558 e. The van der Waals surface area contributed by atoms with Gasteiger partial charge in [0.05, 0.1) is 5.75 Å². The van der Waals surface area contributed by atoms with Crippen LogP contribution in [0.5, 0.6) is 0 Å². The molecule has 3 nitrogen and oxygen atoms in total. The van der Waals surface area contributed by atoms with Crippen molar-refractivity contribution in [3.05, 3.63) is 0 Å². The largest absolute Gasteiger partial charge is 0.284 e. The van der Waals surface area contributed by atoms with E-state index in [-0.39, 0.29) is 0 Å². The van der Waals surface area contributed by atoms with Gasteiger partial charge in [0.1, 0.15) is 0 Å². The van der Waals surface area contributed by atoms with Gasteiger partial charge in [0.25, 0.3) is 0 Å². The molecule has 1 rings (SSSR count). The molecule has 0 bridgehead atoms. The highest BCUT2D eigenvalue weighted by atomic mass is 32.3. The summed E-state index contributed by atoms with van der Waals surface area (Å²) in [5.74, 6) is 0.479. The van der Waals surface area contributed by atoms with Crippen molar-refractivity contribution in [1.29, 1.82) is 0 Å². The van der Waals surface area contributed by atoms with Gasteiger partial charge in [0.15, 0.2) is 0 Å². The molecule has 1 radical (unpaired) electrons. The molecular weight excluding hydrogens is 114 g/mol. The second-order valence-corrected chi connectivity index (χ2v) is 3.47. The average molecular weight is 122 g/mol. The van der Waals surface area contributed by atoms with Crippen molar-refractivity contribution in [2.75, 3.05) is 12.3 Å². The second kappa shape index (κ2) is 1.63. The van der Waals surface area contributed by atoms with Crippen LogP contribution >= 0.6 is 10.8 Å². The topological polar surface area (TPSA) is 54.6 Å². The van der Waals surface area contributed by atoms with E-state index in [4.69, 9.17) is 9.11 Å². The molecule has 0 saturated carbocycles. The van der Waals surface area contributed by atoms with E-state index < -0.39 is 10.8 Å². The zero-order valence-corrected chi connectivity index (χ0v) is 4.69. The van der Waals surface area contributed by atoms with Gasteiger partial charge in [-0.05, 0) is 6.42 Å². The first-order valence-electron chi connectivity index (χ1n) is 2.15. The molecule has 1 heterocycles. The van der Waals surface area contributed by atoms with Gasteiger partial charge in [-0.15, -0.1) is 15.5 Å². The summed E-state index contributed by atoms with van der Waals surface area (Å²) in [6.45, 7) is 0.627. The highest BCUT2D eigenvalue weighted by molar-refractivity contribution is 8.22. The van der Waals surface area contributed by atoms with E-state index in [0.29, 0.717) is 12.3 Å². The summed E-state index contributed by atoms with van der Waals surface area (Å²) in [6.07, 6.45) is 0.836. The minimum absolute atomic E-state index is 0.479. The Kier molecular flexibility index (Phi) is 1.25. The first-order valence-corrected chi connectivity index (χ1v) is 3.83. The van der Waals surface area contributed by atoms with Gasteiger partial charge in [0.2, 0.25) is 0 Å². The number of rotatable bonds is 0. The molecule has 0 spiro atoms. The fourth-order valence-corrected chi connectivity index (χ4v) is 1.60. The van der Waals surface area contributed by atoms with E-state index in [9.17, 15) is 0 Å². The predicted molar refractivity (Wildman–Crippen MR) is 29.3 cm³/mol. The summed E-state index contributed by atoms with van der Waals surface area (Å²) in [5.41, 5.74) is 0. The van der Waals surface area contributed by atoms with Crippen LogP contribution in [0.1, 0.15) is 6.42 Å². The van der Waals surface area contributed by atoms with Crippen LogP contribution in [0, 0.1) is 0 Å². The molecule has 1 fully saturated rings. The van der Waals surface area contributed by atoms with Gasteiger partial charge in [0, 0.05) is 6.54 Å². The fourth-order valence-electron chi connectivity index (χ4n) is 0.533. The summed E-state index contributed by atoms with van der Waals surface area (Å²) in [4.78, 5) is 0. The van der Waals surface area contributed by atoms with Crippen LogP contribution in [0.4, 0.5) is 0 Å². The van der Waals surface area contributed by atoms with E-state index in [1.165, 1.54) is 0 Å². The third-order valence-corrected chi connectivity index (χ3v) is 2.31. The lowest BCUT2D eigenvalue weighted by Crippen LogP contribution is -2.03. The first-order chi connectivity index (χ1) is 3.21. The van der Waals surface area contributed by atoms with Crippen LogP contribution in [0.25, 0.3) is 0 Å². The summed E-state index contributed by atoms with van der Waals surface area (Å²) < 4.78 is 20.9. The van der Waals surface area contributed by atoms with Crippen molar-refractivity contribution in [3.8, 4) is 0 Å². The molecule has 7 heavy (non-hydrogen) atoms. The molecule has 4 heteroatoms. The molecule has 0 amide bonds. The van der Waals surface area contributed by atoms with Gasteiger partial charge in [-0.25, -0.2) is 0 Å². The quantitative estimate of drug-likeness (QED) is 0.496. The van der Waals surface area contributed by atoms with Crippen LogP contribution < -0.4 is 4.72 Å². The molecule has 0 aromatic heterocycles. The Labute approximate surface area is 44.2 Å². The van der Waals surface area contributed by atoms with E-state index in [2.05, 4.69) is 4.72 Å². The fraction of sp³-hybridized carbons (Fsp3) is 1.00. The van der Waals surface area contributed by atoms with Gasteiger partial charge in [-0.3, -0.25) is 9.11 Å². The Hall–Kier alpha value is 0.230. The van der Waals surface area contributed by atoms with Crippen LogP contribution in [0.3, 0.4) is 0 Å². The number of nitrogens with zero attached hydrogens (tertiary/aromatic N) is 1. The monoisotopic (exact) mass is 122 g/mol. The maximum absolute atomic E-state index is 8.67. The molecule has 0 aromatic rings. The Morgan fingerprint density at radius 3 is 2.29 bits per heavy atom. The number of hydrogen-bond donors (Lipinski definition) is 2. The van der Waals surface area contributed by atoms with Gasteiger partial charge >= 0.3 is 0 Å². The van der Waals surface area contributed by atoms with Crippen LogP contribution in [0.2, 0.25) is 0 Å². The van der Waals surface area contributed by atoms with Crippen molar-refractivity contribution >= 4 is 10.8 Å². The summed E-state index contributed by atoms with van der Waals surface area (Å²) in [7, 11) is -2.42. The minimum Gasteiger partial charge on any atom is -0.284 e. The van der Waals surface area contributed by atoms with Crippen LogP contribution in [0.15, 0.2) is 0 Å². The third kappa shape index (κ3) is 1.31. The summed E-state index contributed by atoms with van der Waals surface area (Å²) in [5, 5.41) is 0. The van der Waals surface area contributed by atoms with E-state index in [1.54, 1.807) is 0 Å². The van der Waals surface area contributed by atoms with Gasteiger partial charge < -0.3 is 0 Å². The zero-order valence-electron chi connectivity index (χ0n) is 3.87. The van der Waals surface area contributed by atoms with E-state index in [0.717, 1.165) is 6.42 Å². The van der Waals surface area contributed by atoms with Crippen molar-refractivity contribution in [3.63, 3.8) is 0 Å². The third-order valence-electron chi connectivity index (χ3n) is 0.874. The van der Waals surface area contributed by atoms with Gasteiger partial charge in [-0.1, -0.05) is 0 Å². The van der Waals surface area contributed by atoms with Crippen LogP contribution in [-0.2, 0) is 0 Å². The van der Waals surface area contributed by atoms with Crippen LogP contribution in [-0.4, -0.2) is 21.4 Å². The summed E-state index contributed by atoms with van der Waals surface area (Å²) in [6, 6.07) is 0. The standard InChI is InChI=1S/C3H8NO2S/c5-7(6)3-1-2-4-7/h5-6H,1-3H2. The SMILES string of the molecule is OS1(O)CCC[N]1. The normalized spacial score (nSPS) is 32.9. The van der Waals surface area contributed by atoms with Crippen molar-refractivity contribution < 1.29 is 9.11 Å². The molecule has 43 valence electrons. The summed E-state index contributed by atoms with van der Waals surface area (Å²) >= 11 is 0. The van der Waals surface area contributed by atoms with E-state index in [1.807, 2.05) is 0 Å². The highest BCUT2D eigenvalue weighted by Gasteiger charge is 2.18. The lowest BCUT2D eigenvalue weighted by Gasteiger charge is -2.22. The highest BCUT2D eigenvalue weighted by Crippen LogP contribution is 2.39. The lowest BCUT2D eigenvalue weighted by atomic mass is 10.5. The minimum atomic E-state index is -2.42. The Balaban J connectivity index is 2.40. The van der Waals surface area contributed by atoms with Crippen molar-refractivity contribution in [1.82, 2.24) is 4.72 Å². The first kappa shape index (κ1) is 5.37. The molecule has 1 aliphatic heterocycles. The van der Waals surface area contributed by atoms with Gasteiger partial charge in [-0.2, -0.15) is 0 Å². The predicted octanol–water partition coefficient (Wildman–Crippen LogP) is 0.660. The maximum atomic E-state index is 8.67. The van der Waals surface area contributed by atoms with E-state index >= 15 is 0 Å². The molecular formula is C3H8NO2S. The molecule has 1 aliphatic rings. The molecule has 1 saturated heterocycles. The van der Waals surface area contributed by atoms with Crippen molar-refractivity contribution in [2.24, 2.45) is 0 Å².